The Morgan fingerprint density at radius 2 is 1.50 bits per heavy atom. The molecule has 0 saturated carbocycles. The summed E-state index contributed by atoms with van der Waals surface area (Å²) in [5.74, 6) is 0. The third kappa shape index (κ3) is 7.05. The van der Waals surface area contributed by atoms with Crippen LogP contribution < -0.4 is 0 Å². The van der Waals surface area contributed by atoms with Crippen LogP contribution in [-0.4, -0.2) is 0 Å². The number of hydrogen-bond donors (Lipinski definition) is 0. The molecule has 0 bridgehead atoms. The fraction of sp³-hybridized carbons (Fsp3) is 0.375. The summed E-state index contributed by atoms with van der Waals surface area (Å²) in [7, 11) is 0. The molecule has 1 rings (SSSR count). The van der Waals surface area contributed by atoms with Crippen molar-refractivity contribution in [3.05, 3.63) is 60.3 Å². The van der Waals surface area contributed by atoms with Crippen LogP contribution in [0.15, 0.2) is 60.3 Å². The summed E-state index contributed by atoms with van der Waals surface area (Å²) in [6.07, 6.45) is 15.6. The highest BCUT2D eigenvalue weighted by molar-refractivity contribution is 5.47. The Hall–Kier alpha value is -1.30. The standard InChI is InChI=1S/C12H14.2C2H6/c1-3-8-12-10-7-5-6-9-11(12)4-2;2*1-2/h3-4,6-10H,2,5H2,1H3;2*1-2H3/b8-3-;;. The molecule has 1 aliphatic rings. The van der Waals surface area contributed by atoms with Gasteiger partial charge in [-0.05, 0) is 24.5 Å². The van der Waals surface area contributed by atoms with Crippen molar-refractivity contribution in [3.63, 3.8) is 0 Å². The quantitative estimate of drug-likeness (QED) is 0.565. The smallest absolute Gasteiger partial charge is 0.0162 e. The van der Waals surface area contributed by atoms with Gasteiger partial charge in [-0.25, -0.2) is 0 Å². The largest absolute Gasteiger partial charge is 0.0984 e. The number of allylic oxidation sites excluding steroid dienone is 9. The predicted octanol–water partition coefficient (Wildman–Crippen LogP) is 5.61. The normalized spacial score (nSPS) is 13.6. The van der Waals surface area contributed by atoms with Crippen molar-refractivity contribution in [2.24, 2.45) is 0 Å². The molecule has 0 aliphatic heterocycles. The second kappa shape index (κ2) is 13.7. The average Bonchev–Trinajstić information content (AvgIpc) is 2.60. The van der Waals surface area contributed by atoms with Gasteiger partial charge in [0.25, 0.3) is 0 Å². The van der Waals surface area contributed by atoms with Gasteiger partial charge in [0.1, 0.15) is 0 Å². The SMILES string of the molecule is C=CC1=C(/C=C\C)C=CCC=C1.CC.CC. The van der Waals surface area contributed by atoms with Gasteiger partial charge in [0, 0.05) is 0 Å². The van der Waals surface area contributed by atoms with Gasteiger partial charge >= 0.3 is 0 Å². The Morgan fingerprint density at radius 3 is 1.94 bits per heavy atom. The molecule has 0 heteroatoms. The van der Waals surface area contributed by atoms with E-state index < -0.39 is 0 Å². The van der Waals surface area contributed by atoms with Gasteiger partial charge in [-0.1, -0.05) is 76.8 Å². The lowest BCUT2D eigenvalue weighted by Crippen LogP contribution is -1.77. The summed E-state index contributed by atoms with van der Waals surface area (Å²) < 4.78 is 0. The highest BCUT2D eigenvalue weighted by Gasteiger charge is 1.95. The van der Waals surface area contributed by atoms with Crippen molar-refractivity contribution in [3.8, 4) is 0 Å². The zero-order chi connectivity index (χ0) is 12.8. The highest BCUT2D eigenvalue weighted by atomic mass is 14.0. The third-order valence-corrected chi connectivity index (χ3v) is 1.77. The maximum Gasteiger partial charge on any atom is -0.0162 e. The van der Waals surface area contributed by atoms with Crippen LogP contribution in [0.4, 0.5) is 0 Å². The zero-order valence-corrected chi connectivity index (χ0v) is 11.5. The Morgan fingerprint density at radius 1 is 1.00 bits per heavy atom. The molecule has 0 aromatic heterocycles. The van der Waals surface area contributed by atoms with E-state index in [0.717, 1.165) is 6.42 Å². The molecule has 0 aromatic carbocycles. The van der Waals surface area contributed by atoms with Gasteiger partial charge in [-0.3, -0.25) is 0 Å². The first-order valence-corrected chi connectivity index (χ1v) is 6.21. The van der Waals surface area contributed by atoms with Crippen molar-refractivity contribution in [2.45, 2.75) is 41.0 Å². The molecule has 1 aliphatic carbocycles. The van der Waals surface area contributed by atoms with Crippen LogP contribution in [0.1, 0.15) is 41.0 Å². The van der Waals surface area contributed by atoms with E-state index in [9.17, 15) is 0 Å². The van der Waals surface area contributed by atoms with Crippen molar-refractivity contribution in [1.29, 1.82) is 0 Å². The molecule has 0 fully saturated rings. The van der Waals surface area contributed by atoms with Crippen molar-refractivity contribution in [1.82, 2.24) is 0 Å². The molecule has 0 nitrogen and oxygen atoms in total. The van der Waals surface area contributed by atoms with Crippen LogP contribution in [0.5, 0.6) is 0 Å². The second-order valence-corrected chi connectivity index (χ2v) is 2.66. The van der Waals surface area contributed by atoms with E-state index >= 15 is 0 Å². The highest BCUT2D eigenvalue weighted by Crippen LogP contribution is 2.14. The number of rotatable bonds is 2. The molecule has 0 amide bonds. The molecular formula is C16H26. The first-order chi connectivity index (χ1) is 7.88. The van der Waals surface area contributed by atoms with Crippen LogP contribution >= 0.6 is 0 Å². The van der Waals surface area contributed by atoms with Crippen molar-refractivity contribution < 1.29 is 0 Å². The molecule has 0 atom stereocenters. The molecule has 16 heavy (non-hydrogen) atoms. The fourth-order valence-electron chi connectivity index (χ4n) is 1.18. The maximum atomic E-state index is 3.78. The lowest BCUT2D eigenvalue weighted by molar-refractivity contribution is 1.40. The predicted molar refractivity (Wildman–Crippen MR) is 77.6 cm³/mol. The molecule has 0 unspecified atom stereocenters. The van der Waals surface area contributed by atoms with Crippen LogP contribution in [0.3, 0.4) is 0 Å². The summed E-state index contributed by atoms with van der Waals surface area (Å²) in [5.41, 5.74) is 2.43. The maximum absolute atomic E-state index is 3.78. The molecule has 0 radical (unpaired) electrons. The van der Waals surface area contributed by atoms with Crippen LogP contribution in [-0.2, 0) is 0 Å². The summed E-state index contributed by atoms with van der Waals surface area (Å²) in [6, 6.07) is 0. The third-order valence-electron chi connectivity index (χ3n) is 1.77. The van der Waals surface area contributed by atoms with Crippen LogP contribution in [0, 0.1) is 0 Å². The topological polar surface area (TPSA) is 0 Å². The van der Waals surface area contributed by atoms with Crippen LogP contribution in [0.25, 0.3) is 0 Å². The molecule has 0 spiro atoms. The molecular weight excluding hydrogens is 192 g/mol. The first-order valence-electron chi connectivity index (χ1n) is 6.21. The van der Waals surface area contributed by atoms with Gasteiger partial charge in [0.2, 0.25) is 0 Å². The Labute approximate surface area is 102 Å². The van der Waals surface area contributed by atoms with E-state index in [1.165, 1.54) is 11.1 Å². The summed E-state index contributed by atoms with van der Waals surface area (Å²) in [4.78, 5) is 0. The lowest BCUT2D eigenvalue weighted by Gasteiger charge is -1.96. The van der Waals surface area contributed by atoms with Gasteiger partial charge in [0.15, 0.2) is 0 Å². The fourth-order valence-corrected chi connectivity index (χ4v) is 1.18. The Kier molecular flexibility index (Phi) is 14.6. The summed E-state index contributed by atoms with van der Waals surface area (Å²) in [5, 5.41) is 0. The molecule has 0 N–H and O–H groups in total. The van der Waals surface area contributed by atoms with Crippen molar-refractivity contribution in [2.75, 3.05) is 0 Å². The Balaban J connectivity index is 0. The minimum Gasteiger partial charge on any atom is -0.0984 e. The van der Waals surface area contributed by atoms with E-state index in [0.29, 0.717) is 0 Å². The lowest BCUT2D eigenvalue weighted by atomic mass is 10.1. The molecule has 0 heterocycles. The van der Waals surface area contributed by atoms with E-state index in [-0.39, 0.29) is 0 Å². The van der Waals surface area contributed by atoms with E-state index in [1.807, 2.05) is 46.8 Å². The van der Waals surface area contributed by atoms with E-state index in [4.69, 9.17) is 0 Å². The number of hydrogen-bond acceptors (Lipinski definition) is 0. The van der Waals surface area contributed by atoms with Crippen molar-refractivity contribution >= 4 is 0 Å². The minimum absolute atomic E-state index is 1.01. The van der Waals surface area contributed by atoms with Gasteiger partial charge in [0.05, 0.1) is 0 Å². The summed E-state index contributed by atoms with van der Waals surface area (Å²) >= 11 is 0. The molecule has 90 valence electrons. The zero-order valence-electron chi connectivity index (χ0n) is 11.5. The minimum atomic E-state index is 1.01. The van der Waals surface area contributed by atoms with Crippen LogP contribution in [0.2, 0.25) is 0 Å². The van der Waals surface area contributed by atoms with Gasteiger partial charge in [-0.15, -0.1) is 0 Å². The first kappa shape index (κ1) is 17.1. The van der Waals surface area contributed by atoms with Gasteiger partial charge < -0.3 is 0 Å². The Bertz CT molecular complexity index is 272. The summed E-state index contributed by atoms with van der Waals surface area (Å²) in [6.45, 7) is 13.8. The van der Waals surface area contributed by atoms with E-state index in [2.05, 4.69) is 37.0 Å². The van der Waals surface area contributed by atoms with E-state index in [1.54, 1.807) is 0 Å². The average molecular weight is 218 g/mol. The molecule has 0 aromatic rings. The second-order valence-electron chi connectivity index (χ2n) is 2.66. The monoisotopic (exact) mass is 218 g/mol. The molecule has 0 saturated heterocycles. The van der Waals surface area contributed by atoms with Gasteiger partial charge in [-0.2, -0.15) is 0 Å².